The first-order valence-corrected chi connectivity index (χ1v) is 5.24. The first-order valence-electron chi connectivity index (χ1n) is 5.24. The number of nitrogens with two attached hydrogens (primary N) is 1. The van der Waals surface area contributed by atoms with E-state index >= 15 is 0 Å². The first kappa shape index (κ1) is 13.1. The Morgan fingerprint density at radius 1 is 1.24 bits per heavy atom. The minimum atomic E-state index is -0.885. The van der Waals surface area contributed by atoms with Gasteiger partial charge in [0.05, 0.1) is 0 Å². The molecule has 0 spiro atoms. The second-order valence-corrected chi connectivity index (χ2v) is 3.66. The molecule has 0 fully saturated rings. The van der Waals surface area contributed by atoms with Gasteiger partial charge < -0.3 is 0 Å². The molecule has 2 amide bonds. The Labute approximate surface area is 99.5 Å². The van der Waals surface area contributed by atoms with Gasteiger partial charge in [-0.25, -0.2) is 11.3 Å². The molecule has 0 aliphatic carbocycles. The van der Waals surface area contributed by atoms with Gasteiger partial charge in [-0.3, -0.25) is 20.4 Å². The van der Waals surface area contributed by atoms with E-state index in [9.17, 15) is 9.59 Å². The predicted octanol–water partition coefficient (Wildman–Crippen LogP) is -0.772. The standard InChI is InChI=1S/C11H16N4O2/c1-8(7-9-5-3-2-4-6-9)14-15-11(17)10(16)13-12/h2-6,8,14H,7,12H2,1H3,(H,13,16)(H,15,17). The Morgan fingerprint density at radius 3 is 2.47 bits per heavy atom. The normalized spacial score (nSPS) is 11.6. The highest BCUT2D eigenvalue weighted by Gasteiger charge is 2.12. The van der Waals surface area contributed by atoms with Crippen LogP contribution in [0.15, 0.2) is 30.3 Å². The van der Waals surface area contributed by atoms with Crippen LogP contribution in [-0.4, -0.2) is 17.9 Å². The topological polar surface area (TPSA) is 96.2 Å². The van der Waals surface area contributed by atoms with Crippen molar-refractivity contribution in [3.8, 4) is 0 Å². The average Bonchev–Trinajstić information content (AvgIpc) is 2.36. The fraction of sp³-hybridized carbons (Fsp3) is 0.273. The summed E-state index contributed by atoms with van der Waals surface area (Å²) in [5, 5.41) is 0. The van der Waals surface area contributed by atoms with Crippen LogP contribution < -0.4 is 22.1 Å². The van der Waals surface area contributed by atoms with Crippen LogP contribution in [0.1, 0.15) is 12.5 Å². The molecule has 92 valence electrons. The minimum absolute atomic E-state index is 0.00641. The summed E-state index contributed by atoms with van der Waals surface area (Å²) in [5.74, 6) is 3.12. The lowest BCUT2D eigenvalue weighted by Crippen LogP contribution is -2.51. The van der Waals surface area contributed by atoms with Crippen molar-refractivity contribution < 1.29 is 9.59 Å². The summed E-state index contributed by atoms with van der Waals surface area (Å²) in [5.41, 5.74) is 7.89. The number of rotatable bonds is 4. The van der Waals surface area contributed by atoms with Crippen molar-refractivity contribution in [2.75, 3.05) is 0 Å². The zero-order valence-electron chi connectivity index (χ0n) is 9.57. The molecule has 1 atom stereocenters. The molecule has 0 aliphatic rings. The number of hydrazine groups is 2. The summed E-state index contributed by atoms with van der Waals surface area (Å²) in [4.78, 5) is 21.9. The van der Waals surface area contributed by atoms with E-state index in [-0.39, 0.29) is 6.04 Å². The van der Waals surface area contributed by atoms with Crippen molar-refractivity contribution in [2.45, 2.75) is 19.4 Å². The van der Waals surface area contributed by atoms with Crippen LogP contribution in [0, 0.1) is 0 Å². The molecule has 17 heavy (non-hydrogen) atoms. The van der Waals surface area contributed by atoms with Crippen molar-refractivity contribution in [1.82, 2.24) is 16.3 Å². The maximum atomic E-state index is 11.1. The third-order valence-electron chi connectivity index (χ3n) is 2.15. The van der Waals surface area contributed by atoms with E-state index in [1.165, 1.54) is 0 Å². The average molecular weight is 236 g/mol. The van der Waals surface area contributed by atoms with Gasteiger partial charge >= 0.3 is 11.8 Å². The fourth-order valence-corrected chi connectivity index (χ4v) is 1.33. The fourth-order valence-electron chi connectivity index (χ4n) is 1.33. The zero-order chi connectivity index (χ0) is 12.7. The largest absolute Gasteiger partial charge is 0.324 e. The molecule has 0 saturated carbocycles. The molecule has 1 aromatic rings. The molecule has 0 radical (unpaired) electrons. The molecule has 0 bridgehead atoms. The number of carbonyl (C=O) groups excluding carboxylic acids is 2. The summed E-state index contributed by atoms with van der Waals surface area (Å²) in [6.45, 7) is 1.90. The Bertz CT molecular complexity index is 380. The number of benzene rings is 1. The summed E-state index contributed by atoms with van der Waals surface area (Å²) >= 11 is 0. The first-order chi connectivity index (χ1) is 8.13. The second kappa shape index (κ2) is 6.62. The lowest BCUT2D eigenvalue weighted by Gasteiger charge is -2.14. The molecule has 0 heterocycles. The molecule has 1 aromatic carbocycles. The third-order valence-corrected chi connectivity index (χ3v) is 2.15. The van der Waals surface area contributed by atoms with Gasteiger partial charge in [0.25, 0.3) is 0 Å². The summed E-state index contributed by atoms with van der Waals surface area (Å²) in [7, 11) is 0. The smallest absolute Gasteiger partial charge is 0.286 e. The Morgan fingerprint density at radius 2 is 1.88 bits per heavy atom. The summed E-state index contributed by atoms with van der Waals surface area (Å²) in [6.07, 6.45) is 0.741. The van der Waals surface area contributed by atoms with Crippen LogP contribution in [0.25, 0.3) is 0 Å². The number of nitrogens with one attached hydrogen (secondary N) is 3. The van der Waals surface area contributed by atoms with Crippen LogP contribution in [0.4, 0.5) is 0 Å². The molecule has 0 aromatic heterocycles. The van der Waals surface area contributed by atoms with E-state index in [0.717, 1.165) is 12.0 Å². The van der Waals surface area contributed by atoms with E-state index in [2.05, 4.69) is 10.9 Å². The maximum absolute atomic E-state index is 11.1. The molecule has 1 rings (SSSR count). The lowest BCUT2D eigenvalue weighted by atomic mass is 10.1. The molecule has 1 unspecified atom stereocenters. The summed E-state index contributed by atoms with van der Waals surface area (Å²) < 4.78 is 0. The van der Waals surface area contributed by atoms with Gasteiger partial charge in [0.2, 0.25) is 0 Å². The van der Waals surface area contributed by atoms with E-state index in [1.54, 1.807) is 5.43 Å². The van der Waals surface area contributed by atoms with Gasteiger partial charge in [0, 0.05) is 6.04 Å². The van der Waals surface area contributed by atoms with Crippen LogP contribution in [0.3, 0.4) is 0 Å². The van der Waals surface area contributed by atoms with Crippen LogP contribution in [0.2, 0.25) is 0 Å². The van der Waals surface area contributed by atoms with Gasteiger partial charge in [-0.1, -0.05) is 30.3 Å². The molecule has 0 aliphatic heterocycles. The van der Waals surface area contributed by atoms with Gasteiger partial charge in [-0.15, -0.1) is 0 Å². The number of carbonyl (C=O) groups is 2. The highest BCUT2D eigenvalue weighted by atomic mass is 16.2. The zero-order valence-corrected chi connectivity index (χ0v) is 9.57. The Kier molecular flexibility index (Phi) is 5.12. The quantitative estimate of drug-likeness (QED) is 0.239. The molecule has 6 heteroatoms. The monoisotopic (exact) mass is 236 g/mol. The van der Waals surface area contributed by atoms with E-state index < -0.39 is 11.8 Å². The molecule has 5 N–H and O–H groups in total. The van der Waals surface area contributed by atoms with Crippen LogP contribution in [0.5, 0.6) is 0 Å². The Hall–Kier alpha value is -1.92. The summed E-state index contributed by atoms with van der Waals surface area (Å²) in [6, 6.07) is 9.83. The van der Waals surface area contributed by atoms with E-state index in [0.29, 0.717) is 0 Å². The Balaban J connectivity index is 2.33. The van der Waals surface area contributed by atoms with Crippen LogP contribution in [-0.2, 0) is 16.0 Å². The van der Waals surface area contributed by atoms with Crippen molar-refractivity contribution in [2.24, 2.45) is 5.84 Å². The second-order valence-electron chi connectivity index (χ2n) is 3.66. The predicted molar refractivity (Wildman–Crippen MR) is 63.2 cm³/mol. The molecular weight excluding hydrogens is 220 g/mol. The van der Waals surface area contributed by atoms with Crippen molar-refractivity contribution in [3.63, 3.8) is 0 Å². The van der Waals surface area contributed by atoms with Crippen LogP contribution >= 0.6 is 0 Å². The highest BCUT2D eigenvalue weighted by Crippen LogP contribution is 2.01. The van der Waals surface area contributed by atoms with Gasteiger partial charge in [-0.05, 0) is 18.9 Å². The van der Waals surface area contributed by atoms with Crippen molar-refractivity contribution >= 4 is 11.8 Å². The highest BCUT2D eigenvalue weighted by molar-refractivity contribution is 6.34. The van der Waals surface area contributed by atoms with E-state index in [1.807, 2.05) is 37.3 Å². The van der Waals surface area contributed by atoms with Crippen molar-refractivity contribution in [1.29, 1.82) is 0 Å². The number of amides is 2. The molecule has 6 nitrogen and oxygen atoms in total. The van der Waals surface area contributed by atoms with Gasteiger partial charge in [0.1, 0.15) is 0 Å². The molecule has 0 saturated heterocycles. The lowest BCUT2D eigenvalue weighted by molar-refractivity contribution is -0.139. The molecular formula is C11H16N4O2. The third kappa shape index (κ3) is 4.62. The minimum Gasteiger partial charge on any atom is -0.286 e. The number of hydrogen-bond donors (Lipinski definition) is 4. The van der Waals surface area contributed by atoms with Gasteiger partial charge in [0.15, 0.2) is 0 Å². The van der Waals surface area contributed by atoms with E-state index in [4.69, 9.17) is 5.84 Å². The maximum Gasteiger partial charge on any atom is 0.324 e. The van der Waals surface area contributed by atoms with Gasteiger partial charge in [-0.2, -0.15) is 0 Å². The number of hydrogen-bond acceptors (Lipinski definition) is 4. The van der Waals surface area contributed by atoms with Crippen molar-refractivity contribution in [3.05, 3.63) is 35.9 Å². The SMILES string of the molecule is CC(Cc1ccccc1)NNC(=O)C(=O)NN.